The molecule has 0 aliphatic rings. The fraction of sp³-hybridized carbons (Fsp3) is 0.273. The molecule has 0 spiro atoms. The molecule has 28 heavy (non-hydrogen) atoms. The third kappa shape index (κ3) is 4.91. The lowest BCUT2D eigenvalue weighted by molar-refractivity contribution is 0.0790. The maximum absolute atomic E-state index is 12.7. The Labute approximate surface area is 165 Å². The Morgan fingerprint density at radius 2 is 1.86 bits per heavy atom. The summed E-state index contributed by atoms with van der Waals surface area (Å²) in [6.45, 7) is 4.90. The highest BCUT2D eigenvalue weighted by atomic mass is 16.2. The van der Waals surface area contributed by atoms with Crippen molar-refractivity contribution in [3.8, 4) is 0 Å². The Hall–Kier alpha value is -3.28. The lowest BCUT2D eigenvalue weighted by Crippen LogP contribution is -2.29. The number of carbonyl (C=O) groups excluding carboxylic acids is 1. The van der Waals surface area contributed by atoms with Gasteiger partial charge in [0.2, 0.25) is 0 Å². The van der Waals surface area contributed by atoms with Crippen LogP contribution in [0.15, 0.2) is 61.2 Å². The molecule has 6 nitrogen and oxygen atoms in total. The van der Waals surface area contributed by atoms with Gasteiger partial charge in [0, 0.05) is 37.7 Å². The molecule has 3 aromatic rings. The minimum absolute atomic E-state index is 0.128. The van der Waals surface area contributed by atoms with Gasteiger partial charge in [-0.05, 0) is 41.7 Å². The fourth-order valence-corrected chi connectivity index (χ4v) is 2.94. The molecule has 144 valence electrons. The van der Waals surface area contributed by atoms with Crippen LogP contribution in [-0.2, 0) is 6.42 Å². The van der Waals surface area contributed by atoms with Crippen LogP contribution in [0.1, 0.15) is 41.4 Å². The van der Waals surface area contributed by atoms with Gasteiger partial charge in [-0.15, -0.1) is 0 Å². The first-order valence-corrected chi connectivity index (χ1v) is 9.37. The van der Waals surface area contributed by atoms with E-state index < -0.39 is 0 Å². The van der Waals surface area contributed by atoms with E-state index in [-0.39, 0.29) is 5.91 Å². The molecule has 1 aromatic carbocycles. The van der Waals surface area contributed by atoms with E-state index in [0.29, 0.717) is 24.0 Å². The van der Waals surface area contributed by atoms with Crippen molar-refractivity contribution < 1.29 is 4.79 Å². The van der Waals surface area contributed by atoms with Crippen molar-refractivity contribution in [2.24, 2.45) is 0 Å². The molecule has 0 bridgehead atoms. The van der Waals surface area contributed by atoms with Crippen LogP contribution in [0.5, 0.6) is 0 Å². The first-order valence-electron chi connectivity index (χ1n) is 9.37. The number of pyridine rings is 1. The quantitative estimate of drug-likeness (QED) is 0.674. The largest absolute Gasteiger partial charge is 0.340 e. The van der Waals surface area contributed by atoms with Gasteiger partial charge in [-0.1, -0.05) is 32.0 Å². The lowest BCUT2D eigenvalue weighted by Gasteiger charge is -2.17. The normalized spacial score (nSPS) is 10.7. The zero-order valence-electron chi connectivity index (χ0n) is 16.5. The Morgan fingerprint density at radius 1 is 1.11 bits per heavy atom. The number of nitrogens with zero attached hydrogens (tertiary/aromatic N) is 4. The minimum Gasteiger partial charge on any atom is -0.340 e. The Kier molecular flexibility index (Phi) is 6.32. The number of likely N-dealkylation sites (N-methyl/N-ethyl adjacent to an activating group) is 1. The molecule has 1 N–H and O–H groups in total. The van der Waals surface area contributed by atoms with E-state index in [1.165, 1.54) is 11.9 Å². The minimum atomic E-state index is -0.128. The molecule has 0 aliphatic carbocycles. The van der Waals surface area contributed by atoms with E-state index in [0.717, 1.165) is 17.7 Å². The Bertz CT molecular complexity index is 927. The fourth-order valence-electron chi connectivity index (χ4n) is 2.94. The van der Waals surface area contributed by atoms with Gasteiger partial charge in [0.25, 0.3) is 5.91 Å². The number of hydrogen-bond donors (Lipinski definition) is 1. The summed E-state index contributed by atoms with van der Waals surface area (Å²) >= 11 is 0. The number of hydrogen-bond acceptors (Lipinski definition) is 5. The number of anilines is 2. The number of amides is 1. The number of carbonyl (C=O) groups is 1. The molecule has 1 amide bonds. The smallest absolute Gasteiger partial charge is 0.272 e. The second kappa shape index (κ2) is 9.08. The summed E-state index contributed by atoms with van der Waals surface area (Å²) in [5.41, 5.74) is 3.70. The molecule has 0 fully saturated rings. The summed E-state index contributed by atoms with van der Waals surface area (Å²) in [6.07, 6.45) is 5.70. The van der Waals surface area contributed by atoms with E-state index in [1.807, 2.05) is 30.3 Å². The van der Waals surface area contributed by atoms with Crippen molar-refractivity contribution in [3.63, 3.8) is 0 Å². The average Bonchev–Trinajstić information content (AvgIpc) is 2.72. The molecule has 0 radical (unpaired) electrons. The number of benzene rings is 1. The standard InChI is InChI=1S/C22H25N5O/c1-16(2)18-6-4-5-7-19(18)26-21-14-20(24-15-25-21)22(28)27(3)13-10-17-8-11-23-12-9-17/h4-9,11-12,14-16H,10,13H2,1-3H3,(H,24,25,26). The number of nitrogens with one attached hydrogen (secondary N) is 1. The first-order chi connectivity index (χ1) is 13.5. The van der Waals surface area contributed by atoms with Gasteiger partial charge in [0.1, 0.15) is 17.8 Å². The Balaban J connectivity index is 1.69. The second-order valence-corrected chi connectivity index (χ2v) is 6.99. The van der Waals surface area contributed by atoms with Crippen molar-refractivity contribution in [2.45, 2.75) is 26.2 Å². The van der Waals surface area contributed by atoms with Gasteiger partial charge in [0.15, 0.2) is 0 Å². The monoisotopic (exact) mass is 375 g/mol. The van der Waals surface area contributed by atoms with Gasteiger partial charge in [0.05, 0.1) is 0 Å². The summed E-state index contributed by atoms with van der Waals surface area (Å²) in [6, 6.07) is 13.7. The molecule has 0 unspecified atom stereocenters. The van der Waals surface area contributed by atoms with Gasteiger partial charge in [-0.3, -0.25) is 9.78 Å². The maximum Gasteiger partial charge on any atom is 0.272 e. The van der Waals surface area contributed by atoms with Gasteiger partial charge in [-0.2, -0.15) is 0 Å². The van der Waals surface area contributed by atoms with E-state index in [1.54, 1.807) is 30.4 Å². The van der Waals surface area contributed by atoms with Crippen LogP contribution in [0.2, 0.25) is 0 Å². The van der Waals surface area contributed by atoms with Crippen LogP contribution in [0.25, 0.3) is 0 Å². The summed E-state index contributed by atoms with van der Waals surface area (Å²) in [5, 5.41) is 3.32. The van der Waals surface area contributed by atoms with Crippen LogP contribution < -0.4 is 5.32 Å². The van der Waals surface area contributed by atoms with Crippen LogP contribution in [0.4, 0.5) is 11.5 Å². The highest BCUT2D eigenvalue weighted by molar-refractivity contribution is 5.92. The zero-order chi connectivity index (χ0) is 19.9. The predicted octanol–water partition coefficient (Wildman–Crippen LogP) is 4.05. The van der Waals surface area contributed by atoms with Crippen molar-refractivity contribution in [3.05, 3.63) is 78.0 Å². The first kappa shape index (κ1) is 19.5. The molecular formula is C22H25N5O. The third-order valence-corrected chi connectivity index (χ3v) is 4.56. The number of aromatic nitrogens is 3. The topological polar surface area (TPSA) is 71.0 Å². The van der Waals surface area contributed by atoms with Crippen molar-refractivity contribution >= 4 is 17.4 Å². The molecule has 0 atom stereocenters. The Morgan fingerprint density at radius 3 is 2.61 bits per heavy atom. The summed E-state index contributed by atoms with van der Waals surface area (Å²) in [7, 11) is 1.78. The molecular weight excluding hydrogens is 350 g/mol. The summed E-state index contributed by atoms with van der Waals surface area (Å²) in [5.74, 6) is 0.858. The highest BCUT2D eigenvalue weighted by Gasteiger charge is 2.15. The summed E-state index contributed by atoms with van der Waals surface area (Å²) < 4.78 is 0. The summed E-state index contributed by atoms with van der Waals surface area (Å²) in [4.78, 5) is 26.9. The van der Waals surface area contributed by atoms with E-state index >= 15 is 0 Å². The molecule has 2 aromatic heterocycles. The van der Waals surface area contributed by atoms with Crippen LogP contribution >= 0.6 is 0 Å². The predicted molar refractivity (Wildman–Crippen MR) is 111 cm³/mol. The number of rotatable bonds is 7. The van der Waals surface area contributed by atoms with Crippen LogP contribution in [0.3, 0.4) is 0 Å². The van der Waals surface area contributed by atoms with E-state index in [9.17, 15) is 4.79 Å². The molecule has 0 saturated heterocycles. The van der Waals surface area contributed by atoms with Crippen molar-refractivity contribution in [1.82, 2.24) is 19.9 Å². The zero-order valence-corrected chi connectivity index (χ0v) is 16.5. The van der Waals surface area contributed by atoms with Gasteiger partial charge < -0.3 is 10.2 Å². The molecule has 0 saturated carbocycles. The maximum atomic E-state index is 12.7. The highest BCUT2D eigenvalue weighted by Crippen LogP contribution is 2.26. The van der Waals surface area contributed by atoms with E-state index in [4.69, 9.17) is 0 Å². The van der Waals surface area contributed by atoms with Gasteiger partial charge in [-0.25, -0.2) is 9.97 Å². The average molecular weight is 375 g/mol. The van der Waals surface area contributed by atoms with Crippen LogP contribution in [-0.4, -0.2) is 39.4 Å². The van der Waals surface area contributed by atoms with Crippen LogP contribution in [0, 0.1) is 0 Å². The van der Waals surface area contributed by atoms with Crippen molar-refractivity contribution in [1.29, 1.82) is 0 Å². The lowest BCUT2D eigenvalue weighted by atomic mass is 10.0. The molecule has 2 heterocycles. The SMILES string of the molecule is CC(C)c1ccccc1Nc1cc(C(=O)N(C)CCc2ccncc2)ncn1. The molecule has 3 rings (SSSR count). The number of para-hydroxylation sites is 1. The third-order valence-electron chi connectivity index (χ3n) is 4.56. The van der Waals surface area contributed by atoms with E-state index in [2.05, 4.69) is 40.2 Å². The van der Waals surface area contributed by atoms with Crippen molar-refractivity contribution in [2.75, 3.05) is 18.9 Å². The second-order valence-electron chi connectivity index (χ2n) is 6.99. The molecule has 6 heteroatoms. The molecule has 0 aliphatic heterocycles. The van der Waals surface area contributed by atoms with Gasteiger partial charge >= 0.3 is 0 Å².